The molecule has 6 nitrogen and oxygen atoms in total. The van der Waals surface area contributed by atoms with E-state index in [-0.39, 0.29) is 11.6 Å². The van der Waals surface area contributed by atoms with Crippen molar-refractivity contribution in [2.75, 3.05) is 0 Å². The topological polar surface area (TPSA) is 84.2 Å². The molecular formula is C19H25N3O3. The van der Waals surface area contributed by atoms with Crippen LogP contribution in [0.3, 0.4) is 0 Å². The van der Waals surface area contributed by atoms with Crippen LogP contribution < -0.4 is 5.32 Å². The number of carbonyl (C=O) groups excluding carboxylic acids is 1. The molecule has 0 unspecified atom stereocenters. The van der Waals surface area contributed by atoms with Crippen molar-refractivity contribution in [3.8, 4) is 5.69 Å². The lowest BCUT2D eigenvalue weighted by Gasteiger charge is -2.25. The van der Waals surface area contributed by atoms with Crippen LogP contribution >= 0.6 is 0 Å². The summed E-state index contributed by atoms with van der Waals surface area (Å²) >= 11 is 0. The Kier molecular flexibility index (Phi) is 5.62. The maximum atomic E-state index is 12.4. The molecule has 2 aromatic rings. The van der Waals surface area contributed by atoms with Gasteiger partial charge in [0.05, 0.1) is 5.69 Å². The monoisotopic (exact) mass is 343 g/mol. The number of carboxylic acids is 1. The van der Waals surface area contributed by atoms with E-state index in [4.69, 9.17) is 5.11 Å². The number of aromatic nitrogens is 2. The molecule has 1 aromatic carbocycles. The highest BCUT2D eigenvalue weighted by atomic mass is 16.4. The quantitative estimate of drug-likeness (QED) is 0.808. The molecule has 25 heavy (non-hydrogen) atoms. The predicted octanol–water partition coefficient (Wildman–Crippen LogP) is 3.26. The summed E-state index contributed by atoms with van der Waals surface area (Å²) in [5, 5.41) is 16.0. The van der Waals surface area contributed by atoms with Crippen molar-refractivity contribution in [2.45, 2.75) is 40.7 Å². The number of nitrogens with zero attached hydrogens (tertiary/aromatic N) is 2. The van der Waals surface area contributed by atoms with Crippen LogP contribution in [0.15, 0.2) is 36.5 Å². The fourth-order valence-corrected chi connectivity index (χ4v) is 2.93. The normalized spacial score (nSPS) is 11.6. The van der Waals surface area contributed by atoms with E-state index in [0.717, 1.165) is 17.7 Å². The maximum absolute atomic E-state index is 12.4. The Balaban J connectivity index is 2.06. The van der Waals surface area contributed by atoms with Crippen LogP contribution in [-0.4, -0.2) is 26.8 Å². The van der Waals surface area contributed by atoms with Gasteiger partial charge in [-0.05, 0) is 36.1 Å². The molecule has 0 aliphatic carbocycles. The predicted molar refractivity (Wildman–Crippen MR) is 95.6 cm³/mol. The van der Waals surface area contributed by atoms with Gasteiger partial charge in [-0.25, -0.2) is 9.48 Å². The minimum absolute atomic E-state index is 0.00543. The van der Waals surface area contributed by atoms with E-state index >= 15 is 0 Å². The zero-order chi connectivity index (χ0) is 18.6. The summed E-state index contributed by atoms with van der Waals surface area (Å²) in [4.78, 5) is 23.3. The van der Waals surface area contributed by atoms with Gasteiger partial charge in [0, 0.05) is 18.2 Å². The highest BCUT2D eigenvalue weighted by Gasteiger charge is 2.28. The molecule has 0 atom stereocenters. The lowest BCUT2D eigenvalue weighted by atomic mass is 9.83. The summed E-state index contributed by atoms with van der Waals surface area (Å²) < 4.78 is 1.51. The molecule has 134 valence electrons. The van der Waals surface area contributed by atoms with Gasteiger partial charge in [0.1, 0.15) is 0 Å². The van der Waals surface area contributed by atoms with Crippen LogP contribution in [-0.2, 0) is 11.3 Å². The number of amides is 1. The summed E-state index contributed by atoms with van der Waals surface area (Å²) in [7, 11) is 0. The molecule has 0 aliphatic heterocycles. The average Bonchev–Trinajstić information content (AvgIpc) is 3.02. The Labute approximate surface area is 147 Å². The molecule has 0 spiro atoms. The van der Waals surface area contributed by atoms with Crippen LogP contribution in [0.2, 0.25) is 0 Å². The Morgan fingerprint density at radius 3 is 2.60 bits per heavy atom. The third kappa shape index (κ3) is 4.92. The first-order valence-electron chi connectivity index (χ1n) is 8.35. The first kappa shape index (κ1) is 18.7. The lowest BCUT2D eigenvalue weighted by molar-refractivity contribution is -0.130. The SMILES string of the molecule is CC(C)CC(C)(C)C(=O)NCc1cccc(-n2ccc(C(=O)O)n2)c1. The van der Waals surface area contributed by atoms with Crippen LogP contribution in [0, 0.1) is 11.3 Å². The van der Waals surface area contributed by atoms with Crippen molar-refractivity contribution >= 4 is 11.9 Å². The van der Waals surface area contributed by atoms with Crippen molar-refractivity contribution < 1.29 is 14.7 Å². The molecule has 1 heterocycles. The molecule has 0 saturated heterocycles. The highest BCUT2D eigenvalue weighted by Crippen LogP contribution is 2.25. The van der Waals surface area contributed by atoms with Gasteiger partial charge in [0.25, 0.3) is 0 Å². The van der Waals surface area contributed by atoms with E-state index in [1.165, 1.54) is 10.7 Å². The largest absolute Gasteiger partial charge is 0.476 e. The minimum Gasteiger partial charge on any atom is -0.476 e. The van der Waals surface area contributed by atoms with Gasteiger partial charge in [-0.15, -0.1) is 0 Å². The molecule has 0 aliphatic rings. The number of hydrogen-bond acceptors (Lipinski definition) is 3. The Morgan fingerprint density at radius 1 is 1.28 bits per heavy atom. The fraction of sp³-hybridized carbons (Fsp3) is 0.421. The number of hydrogen-bond donors (Lipinski definition) is 2. The maximum Gasteiger partial charge on any atom is 0.356 e. The van der Waals surface area contributed by atoms with E-state index in [2.05, 4.69) is 24.3 Å². The van der Waals surface area contributed by atoms with Crippen molar-refractivity contribution in [1.29, 1.82) is 0 Å². The van der Waals surface area contributed by atoms with Gasteiger partial charge in [-0.1, -0.05) is 39.8 Å². The highest BCUT2D eigenvalue weighted by molar-refractivity contribution is 5.85. The molecule has 6 heteroatoms. The molecule has 1 aromatic heterocycles. The van der Waals surface area contributed by atoms with Gasteiger partial charge in [0.2, 0.25) is 5.91 Å². The second-order valence-electron chi connectivity index (χ2n) is 7.29. The van der Waals surface area contributed by atoms with Crippen molar-refractivity contribution in [2.24, 2.45) is 11.3 Å². The van der Waals surface area contributed by atoms with E-state index in [9.17, 15) is 9.59 Å². The Hall–Kier alpha value is -2.63. The van der Waals surface area contributed by atoms with Crippen molar-refractivity contribution in [3.63, 3.8) is 0 Å². The number of carbonyl (C=O) groups is 2. The molecule has 1 amide bonds. The first-order chi connectivity index (χ1) is 11.7. The minimum atomic E-state index is -1.06. The van der Waals surface area contributed by atoms with Crippen LogP contribution in [0.5, 0.6) is 0 Å². The molecule has 0 saturated carbocycles. The second-order valence-corrected chi connectivity index (χ2v) is 7.29. The number of carboxylic acid groups (broad SMARTS) is 1. The smallest absolute Gasteiger partial charge is 0.356 e. The van der Waals surface area contributed by atoms with Gasteiger partial charge >= 0.3 is 5.97 Å². The summed E-state index contributed by atoms with van der Waals surface area (Å²) in [5.41, 5.74) is 1.26. The van der Waals surface area contributed by atoms with Crippen LogP contribution in [0.25, 0.3) is 5.69 Å². The second kappa shape index (κ2) is 7.51. The van der Waals surface area contributed by atoms with E-state index < -0.39 is 11.4 Å². The standard InChI is InChI=1S/C19H25N3O3/c1-13(2)11-19(3,4)18(25)20-12-14-6-5-7-15(10-14)22-9-8-16(21-22)17(23)24/h5-10,13H,11-12H2,1-4H3,(H,20,25)(H,23,24). The number of nitrogens with one attached hydrogen (secondary N) is 1. The molecule has 2 N–H and O–H groups in total. The number of aromatic carboxylic acids is 1. The number of benzene rings is 1. The zero-order valence-electron chi connectivity index (χ0n) is 15.1. The Bertz CT molecular complexity index is 763. The van der Waals surface area contributed by atoms with E-state index in [1.54, 1.807) is 6.20 Å². The molecule has 0 bridgehead atoms. The average molecular weight is 343 g/mol. The fourth-order valence-electron chi connectivity index (χ4n) is 2.93. The molecule has 0 radical (unpaired) electrons. The third-order valence-electron chi connectivity index (χ3n) is 3.97. The van der Waals surface area contributed by atoms with Gasteiger partial charge in [-0.3, -0.25) is 4.79 Å². The van der Waals surface area contributed by atoms with Crippen LogP contribution in [0.4, 0.5) is 0 Å². The summed E-state index contributed by atoms with van der Waals surface area (Å²) in [6.45, 7) is 8.54. The first-order valence-corrected chi connectivity index (χ1v) is 8.35. The van der Waals surface area contributed by atoms with Gasteiger partial charge in [-0.2, -0.15) is 5.10 Å². The third-order valence-corrected chi connectivity index (χ3v) is 3.97. The molecule has 0 fully saturated rings. The van der Waals surface area contributed by atoms with Gasteiger partial charge < -0.3 is 10.4 Å². The summed E-state index contributed by atoms with van der Waals surface area (Å²) in [5.74, 6) is -0.583. The van der Waals surface area contributed by atoms with Crippen LogP contribution in [0.1, 0.15) is 50.2 Å². The Morgan fingerprint density at radius 2 is 2.00 bits per heavy atom. The molecular weight excluding hydrogens is 318 g/mol. The van der Waals surface area contributed by atoms with Crippen molar-refractivity contribution in [3.05, 3.63) is 47.8 Å². The zero-order valence-corrected chi connectivity index (χ0v) is 15.1. The van der Waals surface area contributed by atoms with E-state index in [0.29, 0.717) is 12.5 Å². The molecule has 2 rings (SSSR count). The van der Waals surface area contributed by atoms with Gasteiger partial charge in [0.15, 0.2) is 5.69 Å². The number of rotatable bonds is 7. The van der Waals surface area contributed by atoms with E-state index in [1.807, 2.05) is 38.1 Å². The lowest BCUT2D eigenvalue weighted by Crippen LogP contribution is -2.37. The van der Waals surface area contributed by atoms with Crippen molar-refractivity contribution in [1.82, 2.24) is 15.1 Å². The summed E-state index contributed by atoms with van der Waals surface area (Å²) in [6, 6.07) is 8.95. The summed E-state index contributed by atoms with van der Waals surface area (Å²) in [6.07, 6.45) is 2.43.